The molecule has 0 radical (unpaired) electrons. The normalized spacial score (nSPS) is 10.2. The van der Waals surface area contributed by atoms with E-state index in [4.69, 9.17) is 0 Å². The standard InChI is InChI=1S/C11H11N5O3/c1-7-13-10(15-14-7)11(17)12-6-8-3-2-4-9(5-8)16(18)19/h2-5H,6H2,1H3,(H,12,17)(H,13,14,15). The Morgan fingerprint density at radius 1 is 1.53 bits per heavy atom. The molecule has 1 amide bonds. The van der Waals surface area contributed by atoms with Crippen LogP contribution in [0.25, 0.3) is 0 Å². The number of non-ortho nitro benzene ring substituents is 1. The Balaban J connectivity index is 2.01. The molecule has 0 aliphatic rings. The molecule has 8 nitrogen and oxygen atoms in total. The lowest BCUT2D eigenvalue weighted by atomic mass is 10.2. The number of H-pyrrole nitrogens is 1. The Labute approximate surface area is 108 Å². The monoisotopic (exact) mass is 261 g/mol. The quantitative estimate of drug-likeness (QED) is 0.628. The summed E-state index contributed by atoms with van der Waals surface area (Å²) in [6.07, 6.45) is 0. The summed E-state index contributed by atoms with van der Waals surface area (Å²) in [5.74, 6) is 0.152. The Morgan fingerprint density at radius 3 is 2.95 bits per heavy atom. The number of nitrogens with one attached hydrogen (secondary N) is 2. The first-order chi connectivity index (χ1) is 9.06. The highest BCUT2D eigenvalue weighted by Crippen LogP contribution is 2.12. The topological polar surface area (TPSA) is 114 Å². The van der Waals surface area contributed by atoms with E-state index in [1.165, 1.54) is 12.1 Å². The van der Waals surface area contributed by atoms with Crippen LogP contribution in [0.5, 0.6) is 0 Å². The molecule has 1 heterocycles. The van der Waals surface area contributed by atoms with Gasteiger partial charge in [-0.05, 0) is 12.5 Å². The van der Waals surface area contributed by atoms with Gasteiger partial charge in [0.25, 0.3) is 11.6 Å². The molecule has 0 unspecified atom stereocenters. The molecule has 0 aliphatic heterocycles. The first-order valence-electron chi connectivity index (χ1n) is 5.47. The average Bonchev–Trinajstić information content (AvgIpc) is 2.83. The summed E-state index contributed by atoms with van der Waals surface area (Å²) in [6, 6.07) is 6.06. The molecule has 0 bridgehead atoms. The van der Waals surface area contributed by atoms with Crippen LogP contribution in [0.3, 0.4) is 0 Å². The number of aromatic amines is 1. The second-order valence-corrected chi connectivity index (χ2v) is 3.85. The molecule has 2 N–H and O–H groups in total. The predicted molar refractivity (Wildman–Crippen MR) is 65.4 cm³/mol. The molecule has 0 aliphatic carbocycles. The number of carbonyl (C=O) groups excluding carboxylic acids is 1. The third-order valence-corrected chi connectivity index (χ3v) is 2.37. The fourth-order valence-electron chi connectivity index (χ4n) is 1.49. The molecule has 19 heavy (non-hydrogen) atoms. The summed E-state index contributed by atoms with van der Waals surface area (Å²) in [6.45, 7) is 1.86. The second-order valence-electron chi connectivity index (χ2n) is 3.85. The summed E-state index contributed by atoms with van der Waals surface area (Å²) in [5.41, 5.74) is 0.621. The van der Waals surface area contributed by atoms with Crippen LogP contribution in [0.2, 0.25) is 0 Å². The molecular weight excluding hydrogens is 250 g/mol. The van der Waals surface area contributed by atoms with Gasteiger partial charge in [0.05, 0.1) is 4.92 Å². The predicted octanol–water partition coefficient (Wildman–Crippen LogP) is 0.951. The van der Waals surface area contributed by atoms with Crippen molar-refractivity contribution in [3.8, 4) is 0 Å². The number of rotatable bonds is 4. The van der Waals surface area contributed by atoms with Gasteiger partial charge in [0.2, 0.25) is 5.82 Å². The highest BCUT2D eigenvalue weighted by Gasteiger charge is 2.11. The van der Waals surface area contributed by atoms with Gasteiger partial charge in [0.1, 0.15) is 5.82 Å². The van der Waals surface area contributed by atoms with Crippen molar-refractivity contribution in [3.05, 3.63) is 51.6 Å². The van der Waals surface area contributed by atoms with E-state index in [1.807, 2.05) is 0 Å². The minimum Gasteiger partial charge on any atom is -0.345 e. The van der Waals surface area contributed by atoms with Crippen molar-refractivity contribution in [2.45, 2.75) is 13.5 Å². The first kappa shape index (κ1) is 12.7. The van der Waals surface area contributed by atoms with Gasteiger partial charge in [-0.1, -0.05) is 12.1 Å². The smallest absolute Gasteiger partial charge is 0.291 e. The molecule has 0 fully saturated rings. The van der Waals surface area contributed by atoms with Crippen molar-refractivity contribution >= 4 is 11.6 Å². The fraction of sp³-hybridized carbons (Fsp3) is 0.182. The maximum Gasteiger partial charge on any atom is 0.291 e. The van der Waals surface area contributed by atoms with Crippen LogP contribution in [-0.4, -0.2) is 26.0 Å². The minimum atomic E-state index is -0.482. The van der Waals surface area contributed by atoms with Gasteiger partial charge in [-0.25, -0.2) is 4.98 Å². The maximum absolute atomic E-state index is 11.7. The van der Waals surface area contributed by atoms with Gasteiger partial charge in [0, 0.05) is 18.7 Å². The second kappa shape index (κ2) is 5.25. The number of hydrogen-bond donors (Lipinski definition) is 2. The number of aromatic nitrogens is 3. The molecule has 1 aromatic heterocycles. The van der Waals surface area contributed by atoms with Crippen molar-refractivity contribution in [3.63, 3.8) is 0 Å². The third-order valence-electron chi connectivity index (χ3n) is 2.37. The summed E-state index contributed by atoms with van der Waals surface area (Å²) in [5, 5.41) is 19.5. The van der Waals surface area contributed by atoms with E-state index in [2.05, 4.69) is 20.5 Å². The Kier molecular flexibility index (Phi) is 3.51. The highest BCUT2D eigenvalue weighted by atomic mass is 16.6. The molecule has 1 aromatic carbocycles. The Hall–Kier alpha value is -2.77. The lowest BCUT2D eigenvalue weighted by Gasteiger charge is -2.02. The summed E-state index contributed by atoms with van der Waals surface area (Å²) >= 11 is 0. The molecule has 0 atom stereocenters. The maximum atomic E-state index is 11.7. The van der Waals surface area contributed by atoms with Gasteiger partial charge in [-0.2, -0.15) is 0 Å². The lowest BCUT2D eigenvalue weighted by molar-refractivity contribution is -0.384. The van der Waals surface area contributed by atoms with Gasteiger partial charge >= 0.3 is 0 Å². The molecule has 2 rings (SSSR count). The van der Waals surface area contributed by atoms with Crippen molar-refractivity contribution in [1.82, 2.24) is 20.5 Å². The number of nitro groups is 1. The molecule has 0 spiro atoms. The van der Waals surface area contributed by atoms with Gasteiger partial charge in [-0.15, -0.1) is 5.10 Å². The van der Waals surface area contributed by atoms with Crippen LogP contribution in [0, 0.1) is 17.0 Å². The molecule has 0 saturated carbocycles. The number of amides is 1. The number of nitrogens with zero attached hydrogens (tertiary/aromatic N) is 3. The van der Waals surface area contributed by atoms with Crippen molar-refractivity contribution in [2.75, 3.05) is 0 Å². The minimum absolute atomic E-state index is 0.0134. The van der Waals surface area contributed by atoms with Gasteiger partial charge in [0.15, 0.2) is 0 Å². The zero-order chi connectivity index (χ0) is 13.8. The van der Waals surface area contributed by atoms with E-state index in [-0.39, 0.29) is 18.1 Å². The van der Waals surface area contributed by atoms with E-state index < -0.39 is 10.8 Å². The van der Waals surface area contributed by atoms with Crippen molar-refractivity contribution < 1.29 is 9.72 Å². The Bertz CT molecular complexity index is 622. The number of nitro benzene ring substituents is 1. The molecule has 98 valence electrons. The van der Waals surface area contributed by atoms with Crippen molar-refractivity contribution in [1.29, 1.82) is 0 Å². The van der Waals surface area contributed by atoms with E-state index in [0.717, 1.165) is 0 Å². The zero-order valence-electron chi connectivity index (χ0n) is 10.1. The van der Waals surface area contributed by atoms with E-state index in [0.29, 0.717) is 11.4 Å². The Morgan fingerprint density at radius 2 is 2.32 bits per heavy atom. The largest absolute Gasteiger partial charge is 0.345 e. The lowest BCUT2D eigenvalue weighted by Crippen LogP contribution is -2.24. The van der Waals surface area contributed by atoms with Crippen LogP contribution in [0.15, 0.2) is 24.3 Å². The SMILES string of the molecule is Cc1nc(C(=O)NCc2cccc([N+](=O)[O-])c2)n[nH]1. The molecular formula is C11H11N5O3. The van der Waals surface area contributed by atoms with Crippen LogP contribution < -0.4 is 5.32 Å². The average molecular weight is 261 g/mol. The van der Waals surface area contributed by atoms with Crippen molar-refractivity contribution in [2.24, 2.45) is 0 Å². The fourth-order valence-corrected chi connectivity index (χ4v) is 1.49. The molecule has 8 heteroatoms. The first-order valence-corrected chi connectivity index (χ1v) is 5.47. The summed E-state index contributed by atoms with van der Waals surface area (Å²) < 4.78 is 0. The highest BCUT2D eigenvalue weighted by molar-refractivity contribution is 5.90. The summed E-state index contributed by atoms with van der Waals surface area (Å²) in [4.78, 5) is 25.7. The van der Waals surface area contributed by atoms with Crippen LogP contribution in [0.1, 0.15) is 22.0 Å². The number of benzene rings is 1. The van der Waals surface area contributed by atoms with Crippen LogP contribution in [0.4, 0.5) is 5.69 Å². The third kappa shape index (κ3) is 3.12. The number of hydrogen-bond acceptors (Lipinski definition) is 5. The van der Waals surface area contributed by atoms with Gasteiger partial charge < -0.3 is 5.32 Å². The van der Waals surface area contributed by atoms with Crippen LogP contribution in [-0.2, 0) is 6.54 Å². The van der Waals surface area contributed by atoms with E-state index >= 15 is 0 Å². The molecule has 0 saturated heterocycles. The number of carbonyl (C=O) groups is 1. The van der Waals surface area contributed by atoms with E-state index in [9.17, 15) is 14.9 Å². The zero-order valence-corrected chi connectivity index (χ0v) is 10.1. The van der Waals surface area contributed by atoms with Gasteiger partial charge in [-0.3, -0.25) is 20.0 Å². The molecule has 2 aromatic rings. The number of aryl methyl sites for hydroxylation is 1. The van der Waals surface area contributed by atoms with E-state index in [1.54, 1.807) is 19.1 Å². The summed E-state index contributed by atoms with van der Waals surface area (Å²) in [7, 11) is 0. The van der Waals surface area contributed by atoms with Crippen LogP contribution >= 0.6 is 0 Å².